The number of esters is 1. The lowest BCUT2D eigenvalue weighted by molar-refractivity contribution is -0.135. The van der Waals surface area contributed by atoms with E-state index in [2.05, 4.69) is 4.74 Å². The Balaban J connectivity index is 1.65. The Bertz CT molecular complexity index is 559. The van der Waals surface area contributed by atoms with Crippen LogP contribution in [-0.4, -0.2) is 30.1 Å². The zero-order chi connectivity index (χ0) is 15.9. The van der Waals surface area contributed by atoms with Gasteiger partial charge in [-0.25, -0.2) is 4.79 Å². The largest absolute Gasteiger partial charge is 0.511 e. The van der Waals surface area contributed by atoms with E-state index in [9.17, 15) is 14.7 Å². The van der Waals surface area contributed by atoms with Crippen molar-refractivity contribution in [2.45, 2.75) is 25.7 Å². The molecule has 0 spiro atoms. The van der Waals surface area contributed by atoms with Gasteiger partial charge in [-0.2, -0.15) is 0 Å². The van der Waals surface area contributed by atoms with E-state index in [-0.39, 0.29) is 24.4 Å². The molecule has 5 nitrogen and oxygen atoms in total. The van der Waals surface area contributed by atoms with Gasteiger partial charge in [-0.05, 0) is 43.5 Å². The number of unbranched alkanes of at least 4 members (excludes halogenated alkanes) is 2. The molecule has 0 bridgehead atoms. The summed E-state index contributed by atoms with van der Waals surface area (Å²) in [5, 5.41) is 10.4. The van der Waals surface area contributed by atoms with Crippen molar-refractivity contribution in [1.29, 1.82) is 0 Å². The summed E-state index contributed by atoms with van der Waals surface area (Å²) in [5.41, 5.74) is -0.197. The zero-order valence-corrected chi connectivity index (χ0v) is 12.8. The highest BCUT2D eigenvalue weighted by Crippen LogP contribution is 2.18. The predicted molar refractivity (Wildman–Crippen MR) is 81.0 cm³/mol. The molecule has 1 heterocycles. The van der Waals surface area contributed by atoms with Crippen LogP contribution in [0.3, 0.4) is 0 Å². The van der Waals surface area contributed by atoms with Crippen molar-refractivity contribution in [1.82, 2.24) is 0 Å². The molecule has 0 atom stereocenters. The van der Waals surface area contributed by atoms with Gasteiger partial charge in [0.25, 0.3) is 0 Å². The maximum atomic E-state index is 11.3. The van der Waals surface area contributed by atoms with Crippen molar-refractivity contribution in [3.63, 3.8) is 0 Å². The first-order chi connectivity index (χ1) is 10.6. The molecule has 0 amide bonds. The molecule has 1 aliphatic heterocycles. The number of aliphatic hydroxyl groups excluding tert-OH is 1. The molecule has 0 aromatic heterocycles. The summed E-state index contributed by atoms with van der Waals surface area (Å²) in [4.78, 5) is 22.6. The van der Waals surface area contributed by atoms with Gasteiger partial charge in [0, 0.05) is 11.4 Å². The van der Waals surface area contributed by atoms with Crippen molar-refractivity contribution in [2.24, 2.45) is 0 Å². The highest BCUT2D eigenvalue weighted by atomic mass is 35.5. The predicted octanol–water partition coefficient (Wildman–Crippen LogP) is 3.22. The molecule has 6 heteroatoms. The third kappa shape index (κ3) is 4.49. The molecule has 0 aliphatic carbocycles. The first-order valence-electron chi connectivity index (χ1n) is 7.08. The Morgan fingerprint density at radius 2 is 1.91 bits per heavy atom. The summed E-state index contributed by atoms with van der Waals surface area (Å²) in [5.74, 6) is -0.595. The number of aliphatic hydroxyl groups is 1. The summed E-state index contributed by atoms with van der Waals surface area (Å²) >= 11 is 5.78. The van der Waals surface area contributed by atoms with E-state index in [0.29, 0.717) is 18.1 Å². The Hall–Kier alpha value is -2.01. The fourth-order valence-corrected chi connectivity index (χ4v) is 2.21. The highest BCUT2D eigenvalue weighted by molar-refractivity contribution is 6.30. The van der Waals surface area contributed by atoms with E-state index in [1.54, 1.807) is 24.3 Å². The molecule has 1 saturated heterocycles. The van der Waals surface area contributed by atoms with E-state index in [1.165, 1.54) is 0 Å². The number of allylic oxidation sites excluding steroid dienone is 1. The van der Waals surface area contributed by atoms with Crippen LogP contribution >= 0.6 is 11.6 Å². The third-order valence-corrected chi connectivity index (χ3v) is 3.50. The average Bonchev–Trinajstić information content (AvgIpc) is 2.83. The first kappa shape index (κ1) is 16.4. The smallest absolute Gasteiger partial charge is 0.345 e. The lowest BCUT2D eigenvalue weighted by atomic mass is 10.1. The Labute approximate surface area is 133 Å². The van der Waals surface area contributed by atoms with Gasteiger partial charge < -0.3 is 14.6 Å². The number of hydrogen-bond donors (Lipinski definition) is 1. The number of carbonyl (C=O) groups excluding carboxylic acids is 2. The molecule has 1 aromatic carbocycles. The number of halogens is 1. The molecule has 0 saturated carbocycles. The minimum atomic E-state index is -0.728. The van der Waals surface area contributed by atoms with Gasteiger partial charge in [0.15, 0.2) is 6.61 Å². The van der Waals surface area contributed by atoms with Crippen molar-refractivity contribution in [3.05, 3.63) is 40.6 Å². The number of carbonyl (C=O) groups is 2. The van der Waals surface area contributed by atoms with Crippen LogP contribution in [0.25, 0.3) is 0 Å². The molecular weight excluding hydrogens is 308 g/mol. The van der Waals surface area contributed by atoms with E-state index in [4.69, 9.17) is 16.3 Å². The second kappa shape index (κ2) is 7.84. The molecule has 118 valence electrons. The van der Waals surface area contributed by atoms with Crippen LogP contribution in [0.1, 0.15) is 25.7 Å². The van der Waals surface area contributed by atoms with E-state index < -0.39 is 11.8 Å². The first-order valence-corrected chi connectivity index (χ1v) is 7.46. The number of hydrogen-bond acceptors (Lipinski definition) is 5. The van der Waals surface area contributed by atoms with Crippen LogP contribution in [-0.2, 0) is 14.3 Å². The maximum absolute atomic E-state index is 11.3. The summed E-state index contributed by atoms with van der Waals surface area (Å²) in [6, 6.07) is 7.13. The van der Waals surface area contributed by atoms with Crippen LogP contribution in [0, 0.1) is 0 Å². The van der Waals surface area contributed by atoms with E-state index in [0.717, 1.165) is 18.6 Å². The Kier molecular flexibility index (Phi) is 5.83. The Morgan fingerprint density at radius 1 is 1.18 bits per heavy atom. The second-order valence-corrected chi connectivity index (χ2v) is 5.37. The van der Waals surface area contributed by atoms with Crippen molar-refractivity contribution >= 4 is 23.4 Å². The fourth-order valence-electron chi connectivity index (χ4n) is 2.09. The molecule has 1 N–H and O–H groups in total. The molecule has 1 aliphatic rings. The maximum Gasteiger partial charge on any atom is 0.345 e. The number of benzene rings is 1. The van der Waals surface area contributed by atoms with E-state index in [1.807, 2.05) is 0 Å². The van der Waals surface area contributed by atoms with Crippen molar-refractivity contribution < 1.29 is 24.2 Å². The van der Waals surface area contributed by atoms with Crippen LogP contribution in [0.2, 0.25) is 5.02 Å². The van der Waals surface area contributed by atoms with Gasteiger partial charge in [-0.3, -0.25) is 4.79 Å². The minimum Gasteiger partial charge on any atom is -0.511 e. The molecule has 0 unspecified atom stereocenters. The molecule has 22 heavy (non-hydrogen) atoms. The molecule has 2 rings (SSSR count). The van der Waals surface area contributed by atoms with Gasteiger partial charge in [-0.1, -0.05) is 11.6 Å². The molecule has 0 radical (unpaired) electrons. The summed E-state index contributed by atoms with van der Waals surface area (Å²) in [7, 11) is 0. The number of ether oxygens (including phenoxy) is 2. The topological polar surface area (TPSA) is 72.8 Å². The molecular formula is C16H17ClO5. The summed E-state index contributed by atoms with van der Waals surface area (Å²) < 4.78 is 10.1. The van der Waals surface area contributed by atoms with Crippen LogP contribution in [0.5, 0.6) is 5.75 Å². The number of ketones is 1. The van der Waals surface area contributed by atoms with Gasteiger partial charge in [0.2, 0.25) is 5.78 Å². The quantitative estimate of drug-likeness (QED) is 0.274. The molecule has 1 fully saturated rings. The summed E-state index contributed by atoms with van der Waals surface area (Å²) in [6.07, 6.45) is 2.58. The monoisotopic (exact) mass is 324 g/mol. The van der Waals surface area contributed by atoms with Gasteiger partial charge in [-0.15, -0.1) is 0 Å². The minimum absolute atomic E-state index is 0.175. The van der Waals surface area contributed by atoms with Crippen LogP contribution in [0.15, 0.2) is 35.6 Å². The number of rotatable bonds is 7. The van der Waals surface area contributed by atoms with Crippen molar-refractivity contribution in [3.8, 4) is 5.75 Å². The lowest BCUT2D eigenvalue weighted by Crippen LogP contribution is -2.06. The van der Waals surface area contributed by atoms with Gasteiger partial charge in [0.1, 0.15) is 17.1 Å². The van der Waals surface area contributed by atoms with Gasteiger partial charge >= 0.3 is 5.97 Å². The standard InChI is InChI=1S/C16H17ClO5/c17-11-5-7-12(8-6-11)21-9-3-1-2-4-13(18)15-14(19)10-22-16(15)20/h5-8,18H,1-4,9-10H2. The average molecular weight is 325 g/mol. The normalized spacial score (nSPS) is 16.6. The number of cyclic esters (lactones) is 1. The Morgan fingerprint density at radius 3 is 2.55 bits per heavy atom. The van der Waals surface area contributed by atoms with Crippen molar-refractivity contribution in [2.75, 3.05) is 13.2 Å². The highest BCUT2D eigenvalue weighted by Gasteiger charge is 2.31. The van der Waals surface area contributed by atoms with Gasteiger partial charge in [0.05, 0.1) is 6.61 Å². The second-order valence-electron chi connectivity index (χ2n) is 4.93. The zero-order valence-electron chi connectivity index (χ0n) is 12.0. The van der Waals surface area contributed by atoms with E-state index >= 15 is 0 Å². The van der Waals surface area contributed by atoms with Crippen LogP contribution < -0.4 is 4.74 Å². The SMILES string of the molecule is O=C1COC(=O)C1=C(O)CCCCCOc1ccc(Cl)cc1. The summed E-state index contributed by atoms with van der Waals surface area (Å²) in [6.45, 7) is 0.285. The lowest BCUT2D eigenvalue weighted by Gasteiger charge is -2.06. The molecule has 1 aromatic rings. The fraction of sp³-hybridized carbons (Fsp3) is 0.375. The van der Waals surface area contributed by atoms with Crippen LogP contribution in [0.4, 0.5) is 0 Å². The third-order valence-electron chi connectivity index (χ3n) is 3.25. The number of Topliss-reactive ketones (excluding diaryl/α,β-unsaturated/α-hetero) is 1.